The van der Waals surface area contributed by atoms with Crippen molar-refractivity contribution in [1.29, 1.82) is 0 Å². The average Bonchev–Trinajstić information content (AvgIpc) is 2.77. The van der Waals surface area contributed by atoms with Gasteiger partial charge in [0.1, 0.15) is 10.6 Å². The van der Waals surface area contributed by atoms with Gasteiger partial charge in [-0.25, -0.2) is 0 Å². The van der Waals surface area contributed by atoms with Crippen molar-refractivity contribution in [3.05, 3.63) is 54.1 Å². The van der Waals surface area contributed by atoms with Crippen LogP contribution in [0, 0.1) is 0 Å². The molecule has 1 heterocycles. The van der Waals surface area contributed by atoms with Crippen LogP contribution >= 0.6 is 11.8 Å². The van der Waals surface area contributed by atoms with Crippen molar-refractivity contribution in [1.82, 2.24) is 0 Å². The Morgan fingerprint density at radius 1 is 1.14 bits per heavy atom. The number of fused-ring (bicyclic) bond motifs is 1. The maximum Gasteiger partial charge on any atom is 0.307 e. The van der Waals surface area contributed by atoms with Crippen LogP contribution in [-0.4, -0.2) is 16.2 Å². The Labute approximate surface area is 139 Å². The first kappa shape index (κ1) is 15.9. The number of phenolic OH excluding ortho intramolecular Hbond substituents is 1. The van der Waals surface area contributed by atoms with Crippen molar-refractivity contribution < 1.29 is 34.5 Å². The van der Waals surface area contributed by atoms with Gasteiger partial charge in [0, 0.05) is 35.6 Å². The van der Waals surface area contributed by atoms with E-state index in [-0.39, 0.29) is 31.6 Å². The number of hydrogen-bond donors (Lipinski definition) is 3. The molecule has 0 spiro atoms. The fourth-order valence-corrected chi connectivity index (χ4v) is 3.81. The second-order valence-electron chi connectivity index (χ2n) is 4.64. The van der Waals surface area contributed by atoms with Crippen LogP contribution < -0.4 is 5.32 Å². The fraction of sp³-hybridized carbons (Fsp3) is 0.133. The molecule has 2 aromatic carbocycles. The Balaban J connectivity index is 0.00000161. The van der Waals surface area contributed by atoms with Crippen molar-refractivity contribution >= 4 is 23.4 Å². The van der Waals surface area contributed by atoms with Crippen molar-refractivity contribution in [3.8, 4) is 5.75 Å². The van der Waals surface area contributed by atoms with E-state index in [1.165, 1.54) is 11.8 Å². The number of benzene rings is 2. The third-order valence-electron chi connectivity index (χ3n) is 3.25. The molecule has 2 aromatic rings. The Morgan fingerprint density at radius 2 is 1.81 bits per heavy atom. The first-order valence-corrected chi connectivity index (χ1v) is 6.99. The summed E-state index contributed by atoms with van der Waals surface area (Å²) in [7, 11) is 0. The van der Waals surface area contributed by atoms with Crippen molar-refractivity contribution in [3.63, 3.8) is 0 Å². The van der Waals surface area contributed by atoms with Crippen LogP contribution in [0.5, 0.6) is 5.75 Å². The summed E-state index contributed by atoms with van der Waals surface area (Å²) >= 11 is 1.43. The number of carbonyl (C=O) groups is 1. The number of carboxylic acid groups (broad SMARTS) is 1. The van der Waals surface area contributed by atoms with Gasteiger partial charge in [-0.2, -0.15) is 0 Å². The number of thioether (sulfide) groups is 1. The van der Waals surface area contributed by atoms with Crippen LogP contribution in [0.3, 0.4) is 0 Å². The van der Waals surface area contributed by atoms with Crippen LogP contribution in [-0.2, 0) is 29.1 Å². The van der Waals surface area contributed by atoms with Gasteiger partial charge in [-0.05, 0) is 18.2 Å². The minimum absolute atomic E-state index is 0. The summed E-state index contributed by atoms with van der Waals surface area (Å²) in [5.74, 6) is -0.817. The Kier molecular flexibility index (Phi) is 4.59. The largest absolute Gasteiger partial charge is 0.508 e. The number of aromatic hydroxyl groups is 1. The van der Waals surface area contributed by atoms with Gasteiger partial charge >= 0.3 is 5.97 Å². The van der Waals surface area contributed by atoms with Crippen molar-refractivity contribution in [2.75, 3.05) is 5.32 Å². The monoisotopic (exact) mass is 351 g/mol. The van der Waals surface area contributed by atoms with E-state index in [0.29, 0.717) is 5.56 Å². The molecule has 4 nitrogen and oxygen atoms in total. The van der Waals surface area contributed by atoms with Gasteiger partial charge in [-0.1, -0.05) is 42.1 Å². The zero-order chi connectivity index (χ0) is 14.2. The summed E-state index contributed by atoms with van der Waals surface area (Å²) in [6.07, 6.45) is -0.121. The standard InChI is InChI=1S/C15H13NO3S.Zn/c17-12-7-3-1-5-10(12)15(9-14(18)19)16-11-6-2-4-8-13(11)20-15;/h1-8,16-17H,9H2,(H,18,19);. The van der Waals surface area contributed by atoms with Crippen LogP contribution in [0.2, 0.25) is 0 Å². The topological polar surface area (TPSA) is 69.6 Å². The molecule has 104 valence electrons. The third kappa shape index (κ3) is 2.92. The van der Waals surface area contributed by atoms with E-state index >= 15 is 0 Å². The summed E-state index contributed by atoms with van der Waals surface area (Å²) < 4.78 is 0. The SMILES string of the molecule is O=C(O)CC1(c2ccccc2O)Nc2ccccc2S1.[Zn]. The summed E-state index contributed by atoms with van der Waals surface area (Å²) in [6.45, 7) is 0. The van der Waals surface area contributed by atoms with Crippen LogP contribution in [0.15, 0.2) is 53.4 Å². The molecular formula is C15H13NO3SZn. The molecule has 1 aliphatic rings. The smallest absolute Gasteiger partial charge is 0.307 e. The van der Waals surface area contributed by atoms with Gasteiger partial charge in [0.2, 0.25) is 0 Å². The number of phenols is 1. The first-order chi connectivity index (χ1) is 9.61. The van der Waals surface area contributed by atoms with Gasteiger partial charge in [0.25, 0.3) is 0 Å². The molecule has 0 saturated carbocycles. The quantitative estimate of drug-likeness (QED) is 0.740. The zero-order valence-corrected chi connectivity index (χ0v) is 15.0. The predicted molar refractivity (Wildman–Crippen MR) is 78.0 cm³/mol. The summed E-state index contributed by atoms with van der Waals surface area (Å²) in [6, 6.07) is 14.5. The van der Waals surface area contributed by atoms with Gasteiger partial charge < -0.3 is 15.5 Å². The molecular weight excluding hydrogens is 340 g/mol. The number of hydrogen-bond acceptors (Lipinski definition) is 4. The Morgan fingerprint density at radius 3 is 2.48 bits per heavy atom. The van der Waals surface area contributed by atoms with Crippen molar-refractivity contribution in [2.24, 2.45) is 0 Å². The molecule has 3 N–H and O–H groups in total. The molecule has 1 aliphatic heterocycles. The van der Waals surface area contributed by atoms with E-state index in [1.54, 1.807) is 24.3 Å². The molecule has 21 heavy (non-hydrogen) atoms. The van der Waals surface area contributed by atoms with Gasteiger partial charge in [0.05, 0.1) is 6.42 Å². The number of aliphatic carboxylic acids is 1. The minimum atomic E-state index is -0.916. The average molecular weight is 353 g/mol. The fourth-order valence-electron chi connectivity index (χ4n) is 2.42. The van der Waals surface area contributed by atoms with Crippen LogP contribution in [0.1, 0.15) is 12.0 Å². The molecule has 0 saturated heterocycles. The predicted octanol–water partition coefficient (Wildman–Crippen LogP) is 3.24. The van der Waals surface area contributed by atoms with Crippen LogP contribution in [0.4, 0.5) is 5.69 Å². The maximum atomic E-state index is 11.3. The van der Waals surface area contributed by atoms with E-state index in [2.05, 4.69) is 5.32 Å². The number of para-hydroxylation sites is 2. The molecule has 0 bridgehead atoms. The van der Waals surface area contributed by atoms with E-state index in [4.69, 9.17) is 0 Å². The molecule has 0 aliphatic carbocycles. The zero-order valence-electron chi connectivity index (χ0n) is 11.2. The van der Waals surface area contributed by atoms with Gasteiger partial charge in [-0.15, -0.1) is 0 Å². The van der Waals surface area contributed by atoms with Crippen molar-refractivity contribution in [2.45, 2.75) is 16.2 Å². The van der Waals surface area contributed by atoms with E-state index in [9.17, 15) is 15.0 Å². The van der Waals surface area contributed by atoms with Crippen LogP contribution in [0.25, 0.3) is 0 Å². The third-order valence-corrected chi connectivity index (χ3v) is 4.64. The number of nitrogens with one attached hydrogen (secondary N) is 1. The minimum Gasteiger partial charge on any atom is -0.508 e. The second-order valence-corrected chi connectivity index (χ2v) is 5.98. The molecule has 6 heteroatoms. The van der Waals surface area contributed by atoms with E-state index in [0.717, 1.165) is 10.6 Å². The molecule has 0 amide bonds. The second kappa shape index (κ2) is 6.08. The molecule has 1 atom stereocenters. The Hall–Kier alpha value is -1.52. The Bertz CT molecular complexity index is 652. The number of carboxylic acids is 1. The number of rotatable bonds is 3. The van der Waals surface area contributed by atoms with E-state index in [1.807, 2.05) is 24.3 Å². The van der Waals surface area contributed by atoms with Gasteiger partial charge in [-0.3, -0.25) is 4.79 Å². The number of anilines is 1. The summed E-state index contributed by atoms with van der Waals surface area (Å²) in [5.41, 5.74) is 1.48. The molecule has 3 rings (SSSR count). The molecule has 1 unspecified atom stereocenters. The first-order valence-electron chi connectivity index (χ1n) is 6.17. The maximum absolute atomic E-state index is 11.3. The molecule has 0 aromatic heterocycles. The summed E-state index contributed by atoms with van der Waals surface area (Å²) in [4.78, 5) is 11.4. The summed E-state index contributed by atoms with van der Waals surface area (Å²) in [5, 5.41) is 22.6. The normalized spacial score (nSPS) is 19.2. The molecule has 0 fully saturated rings. The molecule has 0 radical (unpaired) electrons. The van der Waals surface area contributed by atoms with Gasteiger partial charge in [0.15, 0.2) is 0 Å². The van der Waals surface area contributed by atoms with E-state index < -0.39 is 10.8 Å².